The number of nitriles is 1. The number of benzene rings is 2. The molecule has 0 saturated heterocycles. The molecule has 0 aliphatic rings. The van der Waals surface area contributed by atoms with E-state index in [9.17, 15) is 23.6 Å². The molecule has 0 heterocycles. The maximum absolute atomic E-state index is 13.6. The fraction of sp³-hybridized carbons (Fsp3) is 0.105. The molecule has 0 aliphatic heterocycles. The molecule has 0 aliphatic carbocycles. The summed E-state index contributed by atoms with van der Waals surface area (Å²) in [6.07, 6.45) is 0. The summed E-state index contributed by atoms with van der Waals surface area (Å²) in [6.45, 7) is 1.72. The molecule has 132 valence electrons. The van der Waals surface area contributed by atoms with E-state index in [1.54, 1.807) is 37.3 Å². The molecule has 0 radical (unpaired) electrons. The average Bonchev–Trinajstić information content (AvgIpc) is 2.60. The molecular weight excluding hydrogens is 358 g/mol. The number of aryl methyl sites for hydroxylation is 1. The summed E-state index contributed by atoms with van der Waals surface area (Å²) in [4.78, 5) is 24.5. The quantitative estimate of drug-likeness (QED) is 0.474. The third-order valence-electron chi connectivity index (χ3n) is 3.58. The van der Waals surface area contributed by atoms with E-state index in [4.69, 9.17) is 5.73 Å². The molecule has 0 bridgehead atoms. The van der Waals surface area contributed by atoms with Crippen molar-refractivity contribution < 1.29 is 18.4 Å². The predicted octanol–water partition coefficient (Wildman–Crippen LogP) is 3.77. The van der Waals surface area contributed by atoms with Crippen molar-refractivity contribution in [3.8, 4) is 6.07 Å². The van der Waals surface area contributed by atoms with Crippen LogP contribution >= 0.6 is 11.8 Å². The SMILES string of the molecule is Cc1ccccc1C(=O)C(C#N)=C(N)SCC(=O)c1c(F)cccc1F. The van der Waals surface area contributed by atoms with Gasteiger partial charge in [-0.15, -0.1) is 0 Å². The number of allylic oxidation sites excluding steroid dienone is 1. The number of carbonyl (C=O) groups excluding carboxylic acids is 2. The van der Waals surface area contributed by atoms with E-state index < -0.39 is 34.5 Å². The summed E-state index contributed by atoms with van der Waals surface area (Å²) in [5, 5.41) is 9.09. The van der Waals surface area contributed by atoms with Crippen LogP contribution in [0.1, 0.15) is 26.3 Å². The Balaban J connectivity index is 2.22. The van der Waals surface area contributed by atoms with Crippen LogP contribution in [0.3, 0.4) is 0 Å². The fourth-order valence-corrected chi connectivity index (χ4v) is 2.95. The second kappa shape index (κ2) is 8.41. The molecule has 0 fully saturated rings. The van der Waals surface area contributed by atoms with Crippen molar-refractivity contribution in [2.75, 3.05) is 5.75 Å². The minimum absolute atomic E-state index is 0.175. The lowest BCUT2D eigenvalue weighted by Crippen LogP contribution is -2.13. The Hall–Kier alpha value is -2.98. The number of rotatable bonds is 6. The van der Waals surface area contributed by atoms with Crippen molar-refractivity contribution in [2.45, 2.75) is 6.92 Å². The Labute approximate surface area is 153 Å². The van der Waals surface area contributed by atoms with E-state index in [0.717, 1.165) is 18.2 Å². The van der Waals surface area contributed by atoms with Gasteiger partial charge in [-0.25, -0.2) is 8.78 Å². The molecule has 2 rings (SSSR count). The van der Waals surface area contributed by atoms with Crippen LogP contribution in [0.5, 0.6) is 0 Å². The summed E-state index contributed by atoms with van der Waals surface area (Å²) < 4.78 is 27.2. The van der Waals surface area contributed by atoms with Gasteiger partial charge in [0.15, 0.2) is 5.78 Å². The number of carbonyl (C=O) groups is 2. The van der Waals surface area contributed by atoms with E-state index in [1.807, 2.05) is 0 Å². The van der Waals surface area contributed by atoms with E-state index in [2.05, 4.69) is 0 Å². The van der Waals surface area contributed by atoms with Crippen LogP contribution in [-0.2, 0) is 0 Å². The third kappa shape index (κ3) is 4.16. The highest BCUT2D eigenvalue weighted by molar-refractivity contribution is 8.03. The van der Waals surface area contributed by atoms with E-state index in [-0.39, 0.29) is 10.6 Å². The van der Waals surface area contributed by atoms with Crippen LogP contribution in [0.2, 0.25) is 0 Å². The molecule has 0 atom stereocenters. The molecule has 0 aromatic heterocycles. The van der Waals surface area contributed by atoms with E-state index in [0.29, 0.717) is 22.9 Å². The lowest BCUT2D eigenvalue weighted by Gasteiger charge is -2.07. The highest BCUT2D eigenvalue weighted by Gasteiger charge is 2.21. The van der Waals surface area contributed by atoms with Crippen molar-refractivity contribution in [1.29, 1.82) is 5.26 Å². The maximum Gasteiger partial charge on any atom is 0.206 e. The number of hydrogen-bond donors (Lipinski definition) is 1. The number of hydrogen-bond acceptors (Lipinski definition) is 5. The second-order valence-corrected chi connectivity index (χ2v) is 6.32. The molecular formula is C19H14F2N2O2S. The Morgan fingerprint density at radius 2 is 1.73 bits per heavy atom. The predicted molar refractivity (Wildman–Crippen MR) is 95.5 cm³/mol. The lowest BCUT2D eigenvalue weighted by atomic mass is 10.0. The Morgan fingerprint density at radius 1 is 1.12 bits per heavy atom. The minimum atomic E-state index is -0.977. The van der Waals surface area contributed by atoms with Crippen molar-refractivity contribution in [2.24, 2.45) is 5.73 Å². The Morgan fingerprint density at radius 3 is 2.31 bits per heavy atom. The molecule has 0 saturated carbocycles. The summed E-state index contributed by atoms with van der Waals surface area (Å²) in [5.41, 5.74) is 5.79. The summed E-state index contributed by atoms with van der Waals surface area (Å²) >= 11 is 0.689. The zero-order valence-electron chi connectivity index (χ0n) is 13.8. The first kappa shape index (κ1) is 19.3. The minimum Gasteiger partial charge on any atom is -0.392 e. The first-order valence-electron chi connectivity index (χ1n) is 7.47. The van der Waals surface area contributed by atoms with Gasteiger partial charge < -0.3 is 5.73 Å². The van der Waals surface area contributed by atoms with Crippen molar-refractivity contribution in [3.63, 3.8) is 0 Å². The molecule has 2 N–H and O–H groups in total. The molecule has 2 aromatic rings. The van der Waals surface area contributed by atoms with Crippen LogP contribution in [-0.4, -0.2) is 17.3 Å². The van der Waals surface area contributed by atoms with Crippen LogP contribution in [0, 0.1) is 29.9 Å². The summed E-state index contributed by atoms with van der Waals surface area (Å²) in [5.74, 6) is -3.76. The number of ketones is 2. The summed E-state index contributed by atoms with van der Waals surface area (Å²) in [7, 11) is 0. The smallest absolute Gasteiger partial charge is 0.206 e. The van der Waals surface area contributed by atoms with E-state index in [1.165, 1.54) is 0 Å². The lowest BCUT2D eigenvalue weighted by molar-refractivity contribution is 0.101. The van der Waals surface area contributed by atoms with Gasteiger partial charge in [-0.3, -0.25) is 9.59 Å². The molecule has 0 unspecified atom stereocenters. The molecule has 0 spiro atoms. The van der Waals surface area contributed by atoms with Crippen molar-refractivity contribution >= 4 is 23.3 Å². The molecule has 7 heteroatoms. The van der Waals surface area contributed by atoms with Gasteiger partial charge in [0.2, 0.25) is 5.78 Å². The number of thioether (sulfide) groups is 1. The molecule has 2 aromatic carbocycles. The Bertz CT molecular complexity index is 929. The van der Waals surface area contributed by atoms with Gasteiger partial charge in [-0.05, 0) is 24.6 Å². The van der Waals surface area contributed by atoms with Gasteiger partial charge in [0, 0.05) is 5.56 Å². The maximum atomic E-state index is 13.6. The van der Waals surface area contributed by atoms with Gasteiger partial charge in [0.1, 0.15) is 23.3 Å². The van der Waals surface area contributed by atoms with Gasteiger partial charge in [-0.2, -0.15) is 5.26 Å². The molecule has 26 heavy (non-hydrogen) atoms. The average molecular weight is 372 g/mol. The molecule has 0 amide bonds. The van der Waals surface area contributed by atoms with Gasteiger partial charge >= 0.3 is 0 Å². The van der Waals surface area contributed by atoms with Gasteiger partial charge in [0.05, 0.1) is 16.3 Å². The van der Waals surface area contributed by atoms with Gasteiger partial charge in [-0.1, -0.05) is 42.1 Å². The van der Waals surface area contributed by atoms with Gasteiger partial charge in [0.25, 0.3) is 0 Å². The Kier molecular flexibility index (Phi) is 6.26. The second-order valence-electron chi connectivity index (χ2n) is 5.30. The largest absolute Gasteiger partial charge is 0.392 e. The monoisotopic (exact) mass is 372 g/mol. The van der Waals surface area contributed by atoms with Crippen LogP contribution in [0.4, 0.5) is 8.78 Å². The summed E-state index contributed by atoms with van der Waals surface area (Å²) in [6, 6.07) is 11.5. The van der Waals surface area contributed by atoms with Crippen LogP contribution in [0.15, 0.2) is 53.1 Å². The first-order valence-corrected chi connectivity index (χ1v) is 8.45. The molecule has 4 nitrogen and oxygen atoms in total. The van der Waals surface area contributed by atoms with E-state index >= 15 is 0 Å². The topological polar surface area (TPSA) is 83.9 Å². The number of Topliss-reactive ketones (excluding diaryl/α,β-unsaturated/α-hetero) is 2. The van der Waals surface area contributed by atoms with Crippen LogP contribution < -0.4 is 5.73 Å². The van der Waals surface area contributed by atoms with Crippen molar-refractivity contribution in [3.05, 3.63) is 81.4 Å². The normalized spacial score (nSPS) is 11.5. The highest BCUT2D eigenvalue weighted by Crippen LogP contribution is 2.22. The first-order chi connectivity index (χ1) is 12.4. The number of halogens is 2. The zero-order valence-corrected chi connectivity index (χ0v) is 14.6. The zero-order chi connectivity index (χ0) is 19.3. The van der Waals surface area contributed by atoms with Crippen molar-refractivity contribution in [1.82, 2.24) is 0 Å². The van der Waals surface area contributed by atoms with Crippen LogP contribution in [0.25, 0.3) is 0 Å². The number of nitrogens with two attached hydrogens (primary N) is 1. The highest BCUT2D eigenvalue weighted by atomic mass is 32.2. The fourth-order valence-electron chi connectivity index (χ4n) is 2.23. The third-order valence-corrected chi connectivity index (χ3v) is 4.50. The number of nitrogens with zero attached hydrogens (tertiary/aromatic N) is 1. The standard InChI is InChI=1S/C19H14F2N2O2S/c1-11-5-2-3-6-12(11)18(25)13(9-22)19(23)26-10-16(24)17-14(20)7-4-8-15(17)21/h2-8H,10,23H2,1H3.